The summed E-state index contributed by atoms with van der Waals surface area (Å²) in [5.74, 6) is 0.912. The number of phosphoric acid groups is 1. The van der Waals surface area contributed by atoms with Gasteiger partial charge in [-0.25, -0.2) is 4.57 Å². The van der Waals surface area contributed by atoms with Crippen molar-refractivity contribution in [3.63, 3.8) is 0 Å². The highest BCUT2D eigenvalue weighted by Crippen LogP contribution is 2.44. The minimum atomic E-state index is -4.48. The molecule has 0 aliphatic heterocycles. The zero-order valence-corrected chi connectivity index (χ0v) is 16.9. The Morgan fingerprint density at radius 1 is 1.04 bits per heavy atom. The number of benzene rings is 2. The maximum Gasteiger partial charge on any atom is 0.469 e. The van der Waals surface area contributed by atoms with Gasteiger partial charge in [0.1, 0.15) is 0 Å². The largest absolute Gasteiger partial charge is 0.469 e. The third-order valence-corrected chi connectivity index (χ3v) is 6.83. The van der Waals surface area contributed by atoms with Crippen LogP contribution in [0.4, 0.5) is 0 Å². The molecule has 4 rings (SSSR count). The maximum absolute atomic E-state index is 11.0. The van der Waals surface area contributed by atoms with Gasteiger partial charge in [0.2, 0.25) is 0 Å². The fourth-order valence-corrected chi connectivity index (χ4v) is 5.25. The first kappa shape index (κ1) is 19.8. The molecule has 0 saturated heterocycles. The lowest BCUT2D eigenvalue weighted by Gasteiger charge is -2.27. The molecule has 0 aromatic heterocycles. The van der Waals surface area contributed by atoms with Crippen LogP contribution in [0.2, 0.25) is 0 Å². The zero-order chi connectivity index (χ0) is 19.8. The highest BCUT2D eigenvalue weighted by atomic mass is 31.2. The van der Waals surface area contributed by atoms with Gasteiger partial charge in [0.05, 0.1) is 6.61 Å². The van der Waals surface area contributed by atoms with Crippen LogP contribution in [0.3, 0.4) is 0 Å². The Hall–Kier alpha value is -1.49. The van der Waals surface area contributed by atoms with Crippen molar-refractivity contribution in [1.29, 1.82) is 0 Å². The first-order valence-electron chi connectivity index (χ1n) is 9.97. The summed E-state index contributed by atoms with van der Waals surface area (Å²) in [5.41, 5.74) is 11.3. The van der Waals surface area contributed by atoms with E-state index in [0.29, 0.717) is 24.7 Å². The smallest absolute Gasteiger partial charge is 0.323 e. The lowest BCUT2D eigenvalue weighted by atomic mass is 9.79. The van der Waals surface area contributed by atoms with Gasteiger partial charge in [-0.05, 0) is 72.6 Å². The lowest BCUT2D eigenvalue weighted by molar-refractivity contribution is 0.153. The molecule has 0 spiro atoms. The van der Waals surface area contributed by atoms with E-state index in [0.717, 1.165) is 19.3 Å². The second kappa shape index (κ2) is 7.74. The molecule has 2 aliphatic rings. The van der Waals surface area contributed by atoms with Crippen LogP contribution in [-0.2, 0) is 21.9 Å². The molecular formula is C22H28NO4P. The third-order valence-electron chi connectivity index (χ3n) is 6.36. The van der Waals surface area contributed by atoms with Crippen molar-refractivity contribution >= 4 is 7.82 Å². The molecule has 0 radical (unpaired) electrons. The van der Waals surface area contributed by atoms with Crippen LogP contribution >= 0.6 is 7.82 Å². The fraction of sp³-hybridized carbons (Fsp3) is 0.455. The van der Waals surface area contributed by atoms with Crippen molar-refractivity contribution in [2.75, 3.05) is 6.61 Å². The Bertz CT molecular complexity index is 881. The molecule has 0 heterocycles. The van der Waals surface area contributed by atoms with E-state index >= 15 is 0 Å². The second-order valence-corrected chi connectivity index (χ2v) is 9.68. The van der Waals surface area contributed by atoms with Crippen LogP contribution in [0.25, 0.3) is 0 Å². The van der Waals surface area contributed by atoms with Crippen LogP contribution in [0.5, 0.6) is 0 Å². The van der Waals surface area contributed by atoms with Gasteiger partial charge in [-0.3, -0.25) is 4.52 Å². The Morgan fingerprint density at radius 3 is 2.57 bits per heavy atom. The van der Waals surface area contributed by atoms with Gasteiger partial charge >= 0.3 is 7.82 Å². The van der Waals surface area contributed by atoms with E-state index in [1.807, 2.05) is 0 Å². The number of hydrogen-bond donors (Lipinski definition) is 3. The normalized spacial score (nSPS) is 27.5. The van der Waals surface area contributed by atoms with Gasteiger partial charge < -0.3 is 15.5 Å². The van der Waals surface area contributed by atoms with Crippen molar-refractivity contribution < 1.29 is 18.9 Å². The van der Waals surface area contributed by atoms with Crippen molar-refractivity contribution in [2.45, 2.75) is 55.9 Å². The lowest BCUT2D eigenvalue weighted by Crippen LogP contribution is -2.41. The first-order valence-corrected chi connectivity index (χ1v) is 11.5. The number of aryl methyl sites for hydroxylation is 1. The van der Waals surface area contributed by atoms with E-state index in [1.54, 1.807) is 0 Å². The average Bonchev–Trinajstić information content (AvgIpc) is 3.09. The number of nitrogens with two attached hydrogens (primary N) is 1. The first-order chi connectivity index (χ1) is 13.3. The van der Waals surface area contributed by atoms with Crippen LogP contribution < -0.4 is 5.73 Å². The molecule has 0 unspecified atom stereocenters. The van der Waals surface area contributed by atoms with Crippen molar-refractivity contribution in [1.82, 2.24) is 0 Å². The van der Waals surface area contributed by atoms with E-state index < -0.39 is 13.4 Å². The SMILES string of the molecule is N[C@]1(COP(=O)(O)O)CC[C@H](c2ccc3c(c2)CC[C@@H](c2ccccc2)C3)C1. The Morgan fingerprint density at radius 2 is 1.82 bits per heavy atom. The van der Waals surface area contributed by atoms with E-state index in [9.17, 15) is 4.57 Å². The number of fused-ring (bicyclic) bond motifs is 1. The highest BCUT2D eigenvalue weighted by Gasteiger charge is 2.38. The van der Waals surface area contributed by atoms with Gasteiger partial charge in [-0.2, -0.15) is 0 Å². The van der Waals surface area contributed by atoms with Crippen molar-refractivity contribution in [3.8, 4) is 0 Å². The molecule has 2 aromatic rings. The highest BCUT2D eigenvalue weighted by molar-refractivity contribution is 7.46. The van der Waals surface area contributed by atoms with Crippen molar-refractivity contribution in [2.24, 2.45) is 5.73 Å². The molecule has 0 bridgehead atoms. The topological polar surface area (TPSA) is 92.8 Å². The monoisotopic (exact) mass is 401 g/mol. The summed E-state index contributed by atoms with van der Waals surface area (Å²) in [7, 11) is -4.48. The molecule has 28 heavy (non-hydrogen) atoms. The molecule has 5 nitrogen and oxygen atoms in total. The minimum Gasteiger partial charge on any atom is -0.323 e. The van der Waals surface area contributed by atoms with Gasteiger partial charge in [-0.1, -0.05) is 48.5 Å². The third kappa shape index (κ3) is 4.56. The summed E-state index contributed by atoms with van der Waals surface area (Å²) in [5, 5.41) is 0. The maximum atomic E-state index is 11.0. The van der Waals surface area contributed by atoms with Crippen LogP contribution in [0.15, 0.2) is 48.5 Å². The predicted octanol–water partition coefficient (Wildman–Crippen LogP) is 4.03. The minimum absolute atomic E-state index is 0.0997. The quantitative estimate of drug-likeness (QED) is 0.658. The average molecular weight is 401 g/mol. The number of phosphoric ester groups is 1. The standard InChI is InChI=1S/C22H28NO4P/c23-22(15-27-28(24,25)26)11-10-21(14-22)20-9-8-18-12-17(6-7-19(18)13-20)16-4-2-1-3-5-16/h1-5,8-9,13,17,21H,6-7,10-12,14-15,23H2,(H2,24,25,26)/t17-,21+,22-/m1/s1. The van der Waals surface area contributed by atoms with Gasteiger partial charge in [0.15, 0.2) is 0 Å². The molecule has 4 N–H and O–H groups in total. The van der Waals surface area contributed by atoms with E-state index in [-0.39, 0.29) is 6.61 Å². The van der Waals surface area contributed by atoms with E-state index in [2.05, 4.69) is 53.1 Å². The second-order valence-electron chi connectivity index (χ2n) is 8.44. The molecular weight excluding hydrogens is 373 g/mol. The van der Waals surface area contributed by atoms with E-state index in [1.165, 1.54) is 28.7 Å². The van der Waals surface area contributed by atoms with Gasteiger partial charge in [0.25, 0.3) is 0 Å². The van der Waals surface area contributed by atoms with Crippen LogP contribution in [-0.4, -0.2) is 21.9 Å². The summed E-state index contributed by atoms with van der Waals surface area (Å²) in [6.45, 7) is -0.0997. The molecule has 1 fully saturated rings. The summed E-state index contributed by atoms with van der Waals surface area (Å²) in [4.78, 5) is 17.9. The van der Waals surface area contributed by atoms with Gasteiger partial charge in [0, 0.05) is 5.54 Å². The number of rotatable bonds is 5. The van der Waals surface area contributed by atoms with Crippen LogP contribution in [0, 0.1) is 0 Å². The van der Waals surface area contributed by atoms with E-state index in [4.69, 9.17) is 15.5 Å². The number of hydrogen-bond acceptors (Lipinski definition) is 3. The molecule has 6 heteroatoms. The van der Waals surface area contributed by atoms with Crippen LogP contribution in [0.1, 0.15) is 59.8 Å². The summed E-state index contributed by atoms with van der Waals surface area (Å²) >= 11 is 0. The van der Waals surface area contributed by atoms with Gasteiger partial charge in [-0.15, -0.1) is 0 Å². The molecule has 150 valence electrons. The van der Waals surface area contributed by atoms with Crippen molar-refractivity contribution in [3.05, 3.63) is 70.8 Å². The molecule has 2 aliphatic carbocycles. The summed E-state index contributed by atoms with van der Waals surface area (Å²) in [6.07, 6.45) is 5.67. The summed E-state index contributed by atoms with van der Waals surface area (Å²) < 4.78 is 15.7. The zero-order valence-electron chi connectivity index (χ0n) is 16.0. The molecule has 2 aromatic carbocycles. The summed E-state index contributed by atoms with van der Waals surface area (Å²) in [6, 6.07) is 17.6. The Labute approximate surface area is 166 Å². The molecule has 0 amide bonds. The predicted molar refractivity (Wildman–Crippen MR) is 109 cm³/mol. The fourth-order valence-electron chi connectivity index (χ4n) is 4.82. The Kier molecular flexibility index (Phi) is 5.47. The Balaban J connectivity index is 1.44. The molecule has 1 saturated carbocycles. The molecule has 3 atom stereocenters.